The Labute approximate surface area is 293 Å². The van der Waals surface area contributed by atoms with Gasteiger partial charge < -0.3 is 10.2 Å². The minimum atomic E-state index is -5.39. The fourth-order valence-electron chi connectivity index (χ4n) is 5.34. The van der Waals surface area contributed by atoms with Gasteiger partial charge in [0, 0.05) is 10.8 Å². The monoisotopic (exact) mass is 788 g/mol. The summed E-state index contributed by atoms with van der Waals surface area (Å²) in [4.78, 5) is -4.05. The Hall–Kier alpha value is -5.46. The van der Waals surface area contributed by atoms with E-state index >= 15 is 0 Å². The maximum atomic E-state index is 12.5. The van der Waals surface area contributed by atoms with Crippen molar-refractivity contribution >= 4 is 95.5 Å². The molecule has 6 aromatic rings. The summed E-state index contributed by atoms with van der Waals surface area (Å²) in [5.41, 5.74) is -3.31. The standard InChI is InChI=1S/C30H20N4O14S4/c35-29-24-17(13-22(51(43,44)45)27(29)33-31-25-18-7-3-1-5-15(18)9-11-20(25)49(37,38)39)14-23(52(46,47)48)28(30(24)36)34-32-26-19-8-4-2-6-16(19)10-12-21(26)50(40,41)42/h1-14,35-36H,(H,37,38,39)(H,40,41,42)(H,43,44,45)(H,46,47,48). The van der Waals surface area contributed by atoms with Crippen LogP contribution in [0.25, 0.3) is 32.3 Å². The van der Waals surface area contributed by atoms with Crippen molar-refractivity contribution in [1.82, 2.24) is 0 Å². The van der Waals surface area contributed by atoms with Crippen LogP contribution in [0, 0.1) is 0 Å². The Kier molecular flexibility index (Phi) is 8.83. The third kappa shape index (κ3) is 6.67. The summed E-state index contributed by atoms with van der Waals surface area (Å²) in [6.45, 7) is 0. The largest absolute Gasteiger partial charge is 0.505 e. The summed E-state index contributed by atoms with van der Waals surface area (Å²) < 4.78 is 138. The van der Waals surface area contributed by atoms with E-state index < -0.39 is 105 Å². The molecule has 0 bridgehead atoms. The predicted octanol–water partition coefficient (Wildman–Crippen LogP) is 6.38. The van der Waals surface area contributed by atoms with Gasteiger partial charge in [-0.2, -0.15) is 33.7 Å². The van der Waals surface area contributed by atoms with Crippen LogP contribution in [-0.2, 0) is 40.5 Å². The number of nitrogens with zero attached hydrogens (tertiary/aromatic N) is 4. The molecule has 0 spiro atoms. The first kappa shape index (κ1) is 36.3. The number of fused-ring (bicyclic) bond motifs is 3. The first-order valence-corrected chi connectivity index (χ1v) is 19.8. The van der Waals surface area contributed by atoms with Gasteiger partial charge in [-0.15, -0.1) is 20.5 Å². The average Bonchev–Trinajstić information content (AvgIpc) is 3.04. The van der Waals surface area contributed by atoms with E-state index in [9.17, 15) is 62.1 Å². The van der Waals surface area contributed by atoms with E-state index in [0.29, 0.717) is 22.9 Å². The third-order valence-corrected chi connectivity index (χ3v) is 11.1. The summed E-state index contributed by atoms with van der Waals surface area (Å²) in [5, 5.41) is 37.0. The lowest BCUT2D eigenvalue weighted by Crippen LogP contribution is -2.02. The van der Waals surface area contributed by atoms with Gasteiger partial charge in [0.1, 0.15) is 42.3 Å². The van der Waals surface area contributed by atoms with Crippen LogP contribution < -0.4 is 0 Å². The zero-order valence-electron chi connectivity index (χ0n) is 25.5. The average molecular weight is 789 g/mol. The molecule has 6 rings (SSSR count). The van der Waals surface area contributed by atoms with Gasteiger partial charge in [0.15, 0.2) is 11.5 Å². The van der Waals surface area contributed by atoms with Crippen molar-refractivity contribution in [3.8, 4) is 11.5 Å². The van der Waals surface area contributed by atoms with Crippen molar-refractivity contribution in [2.75, 3.05) is 0 Å². The maximum absolute atomic E-state index is 12.5. The van der Waals surface area contributed by atoms with Crippen molar-refractivity contribution in [3.05, 3.63) is 84.9 Å². The lowest BCUT2D eigenvalue weighted by atomic mass is 10.1. The van der Waals surface area contributed by atoms with Crippen molar-refractivity contribution in [2.24, 2.45) is 20.5 Å². The molecule has 0 aliphatic carbocycles. The lowest BCUT2D eigenvalue weighted by Gasteiger charge is -2.14. The molecule has 6 aromatic carbocycles. The second-order valence-electron chi connectivity index (χ2n) is 10.8. The number of aromatic hydroxyl groups is 2. The minimum absolute atomic E-state index is 0.0797. The molecule has 0 saturated carbocycles. The first-order chi connectivity index (χ1) is 24.2. The molecule has 0 unspecified atom stereocenters. The van der Waals surface area contributed by atoms with Gasteiger partial charge in [-0.1, -0.05) is 60.7 Å². The van der Waals surface area contributed by atoms with E-state index in [1.54, 1.807) is 12.1 Å². The molecule has 0 heterocycles. The molecule has 0 aliphatic heterocycles. The third-order valence-electron chi connectivity index (χ3n) is 7.59. The Morgan fingerprint density at radius 3 is 1.06 bits per heavy atom. The number of rotatable bonds is 8. The van der Waals surface area contributed by atoms with E-state index in [-0.39, 0.29) is 10.8 Å². The van der Waals surface area contributed by atoms with Crippen LogP contribution >= 0.6 is 0 Å². The molecule has 0 radical (unpaired) electrons. The van der Waals surface area contributed by atoms with Crippen molar-refractivity contribution in [2.45, 2.75) is 19.6 Å². The maximum Gasteiger partial charge on any atom is 0.296 e. The Morgan fingerprint density at radius 2 is 0.712 bits per heavy atom. The highest BCUT2D eigenvalue weighted by molar-refractivity contribution is 7.86. The summed E-state index contributed by atoms with van der Waals surface area (Å²) in [5.74, 6) is -2.61. The molecule has 0 aliphatic rings. The van der Waals surface area contributed by atoms with E-state index in [1.807, 2.05) is 0 Å². The zero-order valence-corrected chi connectivity index (χ0v) is 28.7. The van der Waals surface area contributed by atoms with Crippen molar-refractivity contribution in [1.29, 1.82) is 0 Å². The van der Waals surface area contributed by atoms with Gasteiger partial charge in [-0.25, -0.2) is 0 Å². The van der Waals surface area contributed by atoms with Crippen LogP contribution in [0.3, 0.4) is 0 Å². The number of benzene rings is 6. The van der Waals surface area contributed by atoms with Gasteiger partial charge in [0.2, 0.25) is 0 Å². The second-order valence-corrected chi connectivity index (χ2v) is 16.4. The van der Waals surface area contributed by atoms with Gasteiger partial charge >= 0.3 is 0 Å². The smallest absolute Gasteiger partial charge is 0.296 e. The number of hydrogen-bond acceptors (Lipinski definition) is 14. The SMILES string of the molecule is O=S(=O)(O)c1cc2cc(S(=O)(=O)O)c(N=Nc3c(S(=O)(=O)O)ccc4ccccc34)c(O)c2c(O)c1N=Nc1c(S(=O)(=O)O)ccc2ccccc12. The normalized spacial score (nSPS) is 13.2. The van der Waals surface area contributed by atoms with Gasteiger partial charge in [0.05, 0.1) is 5.39 Å². The molecule has 18 nitrogen and oxygen atoms in total. The minimum Gasteiger partial charge on any atom is -0.505 e. The molecular formula is C30H20N4O14S4. The van der Waals surface area contributed by atoms with Gasteiger partial charge in [0.25, 0.3) is 40.5 Å². The molecule has 52 heavy (non-hydrogen) atoms. The van der Waals surface area contributed by atoms with Crippen LogP contribution in [0.4, 0.5) is 22.7 Å². The second kappa shape index (κ2) is 12.6. The summed E-state index contributed by atoms with van der Waals surface area (Å²) in [6.07, 6.45) is 0. The fraction of sp³-hybridized carbons (Fsp3) is 0. The number of phenols is 2. The highest BCUT2D eigenvalue weighted by Crippen LogP contribution is 2.50. The van der Waals surface area contributed by atoms with Crippen molar-refractivity contribution in [3.63, 3.8) is 0 Å². The molecule has 0 atom stereocenters. The molecule has 22 heteroatoms. The Balaban J connectivity index is 1.67. The highest BCUT2D eigenvalue weighted by atomic mass is 32.2. The molecule has 268 valence electrons. The van der Waals surface area contributed by atoms with E-state index in [0.717, 1.165) is 12.1 Å². The first-order valence-electron chi connectivity index (χ1n) is 14.0. The highest BCUT2D eigenvalue weighted by Gasteiger charge is 2.29. The topological polar surface area (TPSA) is 307 Å². The Morgan fingerprint density at radius 1 is 0.385 bits per heavy atom. The lowest BCUT2D eigenvalue weighted by molar-refractivity contribution is 0.458. The predicted molar refractivity (Wildman–Crippen MR) is 183 cm³/mol. The number of hydrogen-bond donors (Lipinski definition) is 6. The van der Waals surface area contributed by atoms with Gasteiger partial charge in [-0.3, -0.25) is 18.2 Å². The van der Waals surface area contributed by atoms with E-state index in [2.05, 4.69) is 20.5 Å². The molecule has 0 aromatic heterocycles. The van der Waals surface area contributed by atoms with E-state index in [1.165, 1.54) is 48.5 Å². The summed E-state index contributed by atoms with van der Waals surface area (Å²) in [7, 11) is -20.7. The van der Waals surface area contributed by atoms with Gasteiger partial charge in [-0.05, 0) is 40.4 Å². The molecule has 0 saturated heterocycles. The van der Waals surface area contributed by atoms with Crippen LogP contribution in [0.1, 0.15) is 0 Å². The van der Waals surface area contributed by atoms with Crippen LogP contribution in [0.2, 0.25) is 0 Å². The molecule has 6 N–H and O–H groups in total. The zero-order chi connectivity index (χ0) is 38.0. The fourth-order valence-corrected chi connectivity index (χ4v) is 7.93. The van der Waals surface area contributed by atoms with Crippen molar-refractivity contribution < 1.29 is 62.1 Å². The van der Waals surface area contributed by atoms with E-state index in [4.69, 9.17) is 0 Å². The van der Waals surface area contributed by atoms with Crippen LogP contribution in [0.5, 0.6) is 11.5 Å². The molecular weight excluding hydrogens is 769 g/mol. The quantitative estimate of drug-likeness (QED) is 0.0721. The van der Waals surface area contributed by atoms with Crippen LogP contribution in [0.15, 0.2) is 125 Å². The molecule has 0 fully saturated rings. The van der Waals surface area contributed by atoms with Crippen LogP contribution in [-0.4, -0.2) is 62.1 Å². The summed E-state index contributed by atoms with van der Waals surface area (Å²) >= 11 is 0. The number of phenolic OH excluding ortho intramolecular Hbond substituents is 2. The number of azo groups is 2. The molecule has 0 amide bonds. The summed E-state index contributed by atoms with van der Waals surface area (Å²) in [6, 6.07) is 17.6. The Bertz CT molecular complexity index is 2840.